The van der Waals surface area contributed by atoms with E-state index in [0.717, 1.165) is 48.8 Å². The molecule has 2 atom stereocenters. The van der Waals surface area contributed by atoms with Gasteiger partial charge in [-0.3, -0.25) is 19.5 Å². The molecule has 37 heavy (non-hydrogen) atoms. The van der Waals surface area contributed by atoms with E-state index in [1.165, 1.54) is 23.5 Å². The van der Waals surface area contributed by atoms with Crippen LogP contribution in [0, 0.1) is 11.7 Å². The number of rotatable bonds is 9. The topological polar surface area (TPSA) is 71.5 Å². The molecule has 0 aliphatic heterocycles. The fourth-order valence-corrected chi connectivity index (χ4v) is 5.10. The van der Waals surface area contributed by atoms with Crippen molar-refractivity contribution >= 4 is 17.5 Å². The average Bonchev–Trinajstić information content (AvgIpc) is 2.90. The number of hydrogen-bond donors (Lipinski definition) is 1. The van der Waals surface area contributed by atoms with Gasteiger partial charge in [0.1, 0.15) is 18.5 Å². The van der Waals surface area contributed by atoms with E-state index in [1.807, 2.05) is 25.1 Å². The monoisotopic (exact) mass is 505 g/mol. The van der Waals surface area contributed by atoms with Gasteiger partial charge in [-0.2, -0.15) is 0 Å². The number of nitrogens with zero attached hydrogens (tertiary/aromatic N) is 2. The normalized spacial score (nSPS) is 18.9. The second kappa shape index (κ2) is 12.8. The zero-order valence-corrected chi connectivity index (χ0v) is 21.7. The van der Waals surface area contributed by atoms with Crippen molar-refractivity contribution in [3.63, 3.8) is 0 Å². The molecule has 1 N–H and O–H groups in total. The lowest BCUT2D eigenvalue weighted by molar-refractivity contribution is -0.128. The first-order valence-electron chi connectivity index (χ1n) is 13.2. The van der Waals surface area contributed by atoms with Gasteiger partial charge in [0.2, 0.25) is 5.91 Å². The van der Waals surface area contributed by atoms with Gasteiger partial charge in [-0.25, -0.2) is 4.39 Å². The van der Waals surface area contributed by atoms with Crippen molar-refractivity contribution in [1.82, 2.24) is 10.3 Å². The van der Waals surface area contributed by atoms with Gasteiger partial charge in [0, 0.05) is 24.1 Å². The lowest BCUT2D eigenvalue weighted by Crippen LogP contribution is -2.54. The van der Waals surface area contributed by atoms with Crippen LogP contribution in [0.15, 0.2) is 72.1 Å². The molecule has 2 amide bonds. The standard InChI is InChI=1S/C30H36FN3O3/c1-21-9-6-15-27(22(21)2)29(30(36)33-25-12-4-3-5-13-25)34(26-14-7-11-24(31)17-26)28(35)20-37-19-23-10-8-16-32-18-23/h6-8,10-11,14-18,21,25,29H,3-5,9,12-13,19-20H2,1-2H3,(H,33,36). The molecule has 0 saturated heterocycles. The Kier molecular flexibility index (Phi) is 9.23. The van der Waals surface area contributed by atoms with Gasteiger partial charge in [0.05, 0.1) is 6.61 Å². The Morgan fingerprint density at radius 2 is 2.00 bits per heavy atom. The molecule has 4 rings (SSSR count). The molecule has 1 fully saturated rings. The van der Waals surface area contributed by atoms with Gasteiger partial charge in [0.25, 0.3) is 5.91 Å². The van der Waals surface area contributed by atoms with E-state index in [4.69, 9.17) is 4.74 Å². The van der Waals surface area contributed by atoms with Gasteiger partial charge >= 0.3 is 0 Å². The predicted octanol–water partition coefficient (Wildman–Crippen LogP) is 5.50. The Hall–Kier alpha value is -3.32. The van der Waals surface area contributed by atoms with Crippen LogP contribution in [0.1, 0.15) is 57.9 Å². The minimum Gasteiger partial charge on any atom is -0.367 e. The summed E-state index contributed by atoms with van der Waals surface area (Å²) in [6, 6.07) is 8.65. The third-order valence-electron chi connectivity index (χ3n) is 7.31. The summed E-state index contributed by atoms with van der Waals surface area (Å²) < 4.78 is 20.1. The number of hydrogen-bond acceptors (Lipinski definition) is 4. The van der Waals surface area contributed by atoms with Crippen molar-refractivity contribution in [3.05, 3.63) is 83.5 Å². The van der Waals surface area contributed by atoms with Crippen molar-refractivity contribution < 1.29 is 18.7 Å². The lowest BCUT2D eigenvalue weighted by atomic mass is 9.85. The van der Waals surface area contributed by atoms with E-state index >= 15 is 0 Å². The van der Waals surface area contributed by atoms with Crippen molar-refractivity contribution in [2.24, 2.45) is 5.92 Å². The molecule has 1 heterocycles. The SMILES string of the molecule is CC1=C(C(C(=O)NC2CCCCC2)N(C(=O)COCc2cccnc2)c2cccc(F)c2)C=CCC1C. The smallest absolute Gasteiger partial charge is 0.254 e. The van der Waals surface area contributed by atoms with Crippen LogP contribution in [0.4, 0.5) is 10.1 Å². The number of aromatic nitrogens is 1. The molecular formula is C30H36FN3O3. The Morgan fingerprint density at radius 3 is 2.73 bits per heavy atom. The maximum Gasteiger partial charge on any atom is 0.254 e. The molecular weight excluding hydrogens is 469 g/mol. The highest BCUT2D eigenvalue weighted by Gasteiger charge is 2.36. The fraction of sp³-hybridized carbons (Fsp3) is 0.433. The second-order valence-electron chi connectivity index (χ2n) is 10.0. The Morgan fingerprint density at radius 1 is 1.19 bits per heavy atom. The number of anilines is 1. The first-order chi connectivity index (χ1) is 17.9. The summed E-state index contributed by atoms with van der Waals surface area (Å²) in [5.74, 6) is -0.900. The largest absolute Gasteiger partial charge is 0.367 e. The summed E-state index contributed by atoms with van der Waals surface area (Å²) in [5.41, 5.74) is 2.99. The van der Waals surface area contributed by atoms with Crippen LogP contribution in [0.5, 0.6) is 0 Å². The third-order valence-corrected chi connectivity index (χ3v) is 7.31. The number of pyridine rings is 1. The maximum absolute atomic E-state index is 14.4. The minimum absolute atomic E-state index is 0.0703. The van der Waals surface area contributed by atoms with Gasteiger partial charge in [-0.15, -0.1) is 0 Å². The van der Waals surface area contributed by atoms with Crippen LogP contribution < -0.4 is 10.2 Å². The summed E-state index contributed by atoms with van der Waals surface area (Å²) >= 11 is 0. The Bertz CT molecular complexity index is 1140. The average molecular weight is 506 g/mol. The van der Waals surface area contributed by atoms with Crippen molar-refractivity contribution in [2.45, 2.75) is 71.1 Å². The molecule has 0 spiro atoms. The highest BCUT2D eigenvalue weighted by atomic mass is 19.1. The lowest BCUT2D eigenvalue weighted by Gasteiger charge is -2.36. The van der Waals surface area contributed by atoms with Gasteiger partial charge in [0.15, 0.2) is 0 Å². The van der Waals surface area contributed by atoms with Crippen LogP contribution in [0.25, 0.3) is 0 Å². The third kappa shape index (κ3) is 6.92. The van der Waals surface area contributed by atoms with Crippen molar-refractivity contribution in [2.75, 3.05) is 11.5 Å². The number of carbonyl (C=O) groups is 2. The van der Waals surface area contributed by atoms with E-state index in [9.17, 15) is 14.0 Å². The molecule has 196 valence electrons. The number of allylic oxidation sites excluding steroid dienone is 2. The molecule has 2 aliphatic carbocycles. The fourth-order valence-electron chi connectivity index (χ4n) is 5.10. The number of nitrogens with one attached hydrogen (secondary N) is 1. The highest BCUT2D eigenvalue weighted by Crippen LogP contribution is 2.32. The van der Waals surface area contributed by atoms with E-state index in [1.54, 1.807) is 30.6 Å². The molecule has 1 aromatic heterocycles. The van der Waals surface area contributed by atoms with E-state index in [0.29, 0.717) is 5.69 Å². The van der Waals surface area contributed by atoms with Gasteiger partial charge < -0.3 is 10.1 Å². The summed E-state index contributed by atoms with van der Waals surface area (Å²) in [7, 11) is 0. The number of amides is 2. The number of carbonyl (C=O) groups excluding carboxylic acids is 2. The first-order valence-corrected chi connectivity index (χ1v) is 13.2. The zero-order chi connectivity index (χ0) is 26.2. The molecule has 2 aromatic rings. The molecule has 0 bridgehead atoms. The van der Waals surface area contributed by atoms with Gasteiger partial charge in [-0.1, -0.05) is 56.0 Å². The summed E-state index contributed by atoms with van der Waals surface area (Å²) in [6.45, 7) is 4.07. The van der Waals surface area contributed by atoms with Crippen LogP contribution >= 0.6 is 0 Å². The molecule has 0 radical (unpaired) electrons. The van der Waals surface area contributed by atoms with Crippen LogP contribution in [0.2, 0.25) is 0 Å². The summed E-state index contributed by atoms with van der Waals surface area (Å²) in [4.78, 5) is 33.2. The van der Waals surface area contributed by atoms with E-state index in [2.05, 4.69) is 17.2 Å². The maximum atomic E-state index is 14.4. The van der Waals surface area contributed by atoms with Gasteiger partial charge in [-0.05, 0) is 67.5 Å². The Balaban J connectivity index is 1.68. The van der Waals surface area contributed by atoms with E-state index < -0.39 is 17.8 Å². The van der Waals surface area contributed by atoms with Crippen LogP contribution in [-0.2, 0) is 20.9 Å². The number of halogens is 1. The molecule has 6 nitrogen and oxygen atoms in total. The van der Waals surface area contributed by atoms with Crippen LogP contribution in [-0.4, -0.2) is 35.5 Å². The molecule has 7 heteroatoms. The molecule has 1 saturated carbocycles. The zero-order valence-electron chi connectivity index (χ0n) is 21.7. The summed E-state index contributed by atoms with van der Waals surface area (Å²) in [6.07, 6.45) is 13.4. The number of ether oxygens (including phenoxy) is 1. The molecule has 1 aromatic carbocycles. The Labute approximate surface area is 218 Å². The van der Waals surface area contributed by atoms with Crippen LogP contribution in [0.3, 0.4) is 0 Å². The van der Waals surface area contributed by atoms with Crippen molar-refractivity contribution in [3.8, 4) is 0 Å². The van der Waals surface area contributed by atoms with E-state index in [-0.39, 0.29) is 31.1 Å². The predicted molar refractivity (Wildman–Crippen MR) is 142 cm³/mol. The second-order valence-corrected chi connectivity index (χ2v) is 10.0. The number of benzene rings is 1. The first kappa shape index (κ1) is 26.7. The quantitative estimate of drug-likeness (QED) is 0.489. The summed E-state index contributed by atoms with van der Waals surface area (Å²) in [5, 5.41) is 3.21. The van der Waals surface area contributed by atoms with Crippen molar-refractivity contribution in [1.29, 1.82) is 0 Å². The minimum atomic E-state index is -0.933. The highest BCUT2D eigenvalue weighted by molar-refractivity contribution is 6.03. The molecule has 2 aliphatic rings. The molecule has 2 unspecified atom stereocenters.